The van der Waals surface area contributed by atoms with E-state index in [0.717, 1.165) is 11.3 Å². The van der Waals surface area contributed by atoms with Gasteiger partial charge in [0.05, 0.1) is 0 Å². The molecule has 4 heteroatoms. The molecule has 82 valence electrons. The van der Waals surface area contributed by atoms with Crippen LogP contribution in [0.15, 0.2) is 24.3 Å². The van der Waals surface area contributed by atoms with Crippen LogP contribution in [0.1, 0.15) is 18.4 Å². The molecule has 0 saturated carbocycles. The van der Waals surface area contributed by atoms with E-state index in [2.05, 4.69) is 5.32 Å². The van der Waals surface area contributed by atoms with Gasteiger partial charge in [-0.1, -0.05) is 12.1 Å². The highest BCUT2D eigenvalue weighted by atomic mass is 16.3. The minimum atomic E-state index is -0.0850. The van der Waals surface area contributed by atoms with E-state index in [9.17, 15) is 4.79 Å². The quantitative estimate of drug-likeness (QED) is 0.671. The standard InChI is InChI=1S/C11H16N2O2/c12-8-9-3-1-4-10(7-9)13-11(15)5-2-6-14/h1,3-4,7,14H,2,5-6,8,12H2,(H,13,15). The summed E-state index contributed by atoms with van der Waals surface area (Å²) in [5.74, 6) is -0.0850. The van der Waals surface area contributed by atoms with Crippen molar-refractivity contribution in [3.63, 3.8) is 0 Å². The van der Waals surface area contributed by atoms with Crippen LogP contribution in [0.2, 0.25) is 0 Å². The normalized spacial score (nSPS) is 10.0. The molecule has 1 aromatic carbocycles. The molecule has 0 aromatic heterocycles. The van der Waals surface area contributed by atoms with E-state index in [0.29, 0.717) is 19.4 Å². The molecule has 0 atom stereocenters. The number of aliphatic hydroxyl groups excluding tert-OH is 1. The molecule has 1 amide bonds. The molecule has 1 rings (SSSR count). The average Bonchev–Trinajstić information content (AvgIpc) is 2.26. The lowest BCUT2D eigenvalue weighted by Gasteiger charge is -2.05. The first-order valence-electron chi connectivity index (χ1n) is 4.96. The molecule has 0 aliphatic heterocycles. The molecular formula is C11H16N2O2. The van der Waals surface area contributed by atoms with Crippen LogP contribution in [0, 0.1) is 0 Å². The Labute approximate surface area is 89.1 Å². The van der Waals surface area contributed by atoms with Crippen molar-refractivity contribution in [3.8, 4) is 0 Å². The maximum Gasteiger partial charge on any atom is 0.224 e. The van der Waals surface area contributed by atoms with Crippen LogP contribution >= 0.6 is 0 Å². The van der Waals surface area contributed by atoms with E-state index in [4.69, 9.17) is 10.8 Å². The second kappa shape index (κ2) is 6.16. The first-order chi connectivity index (χ1) is 7.26. The van der Waals surface area contributed by atoms with Gasteiger partial charge in [-0.2, -0.15) is 0 Å². The zero-order valence-corrected chi connectivity index (χ0v) is 8.57. The highest BCUT2D eigenvalue weighted by Gasteiger charge is 2.01. The summed E-state index contributed by atoms with van der Waals surface area (Å²) >= 11 is 0. The van der Waals surface area contributed by atoms with E-state index >= 15 is 0 Å². The van der Waals surface area contributed by atoms with Gasteiger partial charge in [-0.15, -0.1) is 0 Å². The van der Waals surface area contributed by atoms with E-state index in [1.54, 1.807) is 0 Å². The summed E-state index contributed by atoms with van der Waals surface area (Å²) in [6.45, 7) is 0.497. The minimum absolute atomic E-state index is 0.0380. The largest absolute Gasteiger partial charge is 0.396 e. The van der Waals surface area contributed by atoms with Gasteiger partial charge >= 0.3 is 0 Å². The second-order valence-corrected chi connectivity index (χ2v) is 3.28. The number of nitrogens with two attached hydrogens (primary N) is 1. The van der Waals surface area contributed by atoms with Crippen LogP contribution in [0.25, 0.3) is 0 Å². The van der Waals surface area contributed by atoms with Gasteiger partial charge in [0.2, 0.25) is 5.91 Å². The van der Waals surface area contributed by atoms with Gasteiger partial charge in [0, 0.05) is 25.3 Å². The summed E-state index contributed by atoms with van der Waals surface area (Å²) in [5.41, 5.74) is 7.22. The Morgan fingerprint density at radius 1 is 1.47 bits per heavy atom. The second-order valence-electron chi connectivity index (χ2n) is 3.28. The number of aliphatic hydroxyl groups is 1. The van der Waals surface area contributed by atoms with Gasteiger partial charge in [0.25, 0.3) is 0 Å². The highest BCUT2D eigenvalue weighted by molar-refractivity contribution is 5.90. The van der Waals surface area contributed by atoms with Crippen molar-refractivity contribution in [2.75, 3.05) is 11.9 Å². The number of nitrogens with one attached hydrogen (secondary N) is 1. The molecule has 0 aliphatic carbocycles. The third-order valence-corrected chi connectivity index (χ3v) is 2.01. The Kier molecular flexibility index (Phi) is 4.80. The van der Waals surface area contributed by atoms with Gasteiger partial charge in [-0.25, -0.2) is 0 Å². The lowest BCUT2D eigenvalue weighted by atomic mass is 10.2. The van der Waals surface area contributed by atoms with Gasteiger partial charge in [0.15, 0.2) is 0 Å². The Bertz CT molecular complexity index is 326. The Balaban J connectivity index is 2.52. The van der Waals surface area contributed by atoms with Gasteiger partial charge in [0.1, 0.15) is 0 Å². The maximum absolute atomic E-state index is 11.3. The lowest BCUT2D eigenvalue weighted by molar-refractivity contribution is -0.116. The number of hydrogen-bond acceptors (Lipinski definition) is 3. The van der Waals surface area contributed by atoms with Crippen molar-refractivity contribution in [3.05, 3.63) is 29.8 Å². The molecule has 0 saturated heterocycles. The van der Waals surface area contributed by atoms with Crippen molar-refractivity contribution >= 4 is 11.6 Å². The van der Waals surface area contributed by atoms with E-state index in [-0.39, 0.29) is 12.5 Å². The van der Waals surface area contributed by atoms with Crippen LogP contribution in [-0.2, 0) is 11.3 Å². The monoisotopic (exact) mass is 208 g/mol. The van der Waals surface area contributed by atoms with Crippen molar-refractivity contribution < 1.29 is 9.90 Å². The van der Waals surface area contributed by atoms with Gasteiger partial charge in [-0.05, 0) is 24.1 Å². The van der Waals surface area contributed by atoms with Gasteiger partial charge < -0.3 is 16.2 Å². The summed E-state index contributed by atoms with van der Waals surface area (Å²) in [7, 11) is 0. The SMILES string of the molecule is NCc1cccc(NC(=O)CCCO)c1. The Morgan fingerprint density at radius 3 is 2.93 bits per heavy atom. The predicted octanol–water partition coefficient (Wildman–Crippen LogP) is 0.856. The topological polar surface area (TPSA) is 75.3 Å². The number of carbonyl (C=O) groups excluding carboxylic acids is 1. The maximum atomic E-state index is 11.3. The third kappa shape index (κ3) is 4.10. The van der Waals surface area contributed by atoms with Crippen molar-refractivity contribution in [1.82, 2.24) is 0 Å². The molecule has 0 fully saturated rings. The molecule has 4 N–H and O–H groups in total. The fourth-order valence-corrected chi connectivity index (χ4v) is 1.24. The summed E-state index contributed by atoms with van der Waals surface area (Å²) in [6, 6.07) is 7.42. The lowest BCUT2D eigenvalue weighted by Crippen LogP contribution is -2.12. The summed E-state index contributed by atoms with van der Waals surface area (Å²) in [4.78, 5) is 11.3. The van der Waals surface area contributed by atoms with Crippen molar-refractivity contribution in [2.45, 2.75) is 19.4 Å². The Hall–Kier alpha value is -1.39. The average molecular weight is 208 g/mol. The molecule has 0 spiro atoms. The molecule has 0 aliphatic rings. The zero-order valence-electron chi connectivity index (χ0n) is 8.57. The minimum Gasteiger partial charge on any atom is -0.396 e. The van der Waals surface area contributed by atoms with E-state index < -0.39 is 0 Å². The molecule has 15 heavy (non-hydrogen) atoms. The van der Waals surface area contributed by atoms with Crippen molar-refractivity contribution in [2.24, 2.45) is 5.73 Å². The summed E-state index contributed by atoms with van der Waals surface area (Å²) < 4.78 is 0. The van der Waals surface area contributed by atoms with E-state index in [1.807, 2.05) is 24.3 Å². The van der Waals surface area contributed by atoms with E-state index in [1.165, 1.54) is 0 Å². The fraction of sp³-hybridized carbons (Fsp3) is 0.364. The molecular weight excluding hydrogens is 192 g/mol. The molecule has 4 nitrogen and oxygen atoms in total. The number of anilines is 1. The molecule has 0 unspecified atom stereocenters. The summed E-state index contributed by atoms with van der Waals surface area (Å²) in [6.07, 6.45) is 0.825. The smallest absolute Gasteiger partial charge is 0.224 e. The van der Waals surface area contributed by atoms with Crippen LogP contribution in [-0.4, -0.2) is 17.6 Å². The number of benzene rings is 1. The molecule has 0 radical (unpaired) electrons. The number of hydrogen-bond donors (Lipinski definition) is 3. The first-order valence-corrected chi connectivity index (χ1v) is 4.96. The van der Waals surface area contributed by atoms with Gasteiger partial charge in [-0.3, -0.25) is 4.79 Å². The fourth-order valence-electron chi connectivity index (χ4n) is 1.24. The first kappa shape index (κ1) is 11.7. The highest BCUT2D eigenvalue weighted by Crippen LogP contribution is 2.10. The van der Waals surface area contributed by atoms with Crippen molar-refractivity contribution in [1.29, 1.82) is 0 Å². The molecule has 0 bridgehead atoms. The zero-order chi connectivity index (χ0) is 11.1. The predicted molar refractivity (Wildman–Crippen MR) is 59.3 cm³/mol. The van der Waals surface area contributed by atoms with Crippen LogP contribution in [0.4, 0.5) is 5.69 Å². The number of amides is 1. The van der Waals surface area contributed by atoms with Crippen LogP contribution in [0.3, 0.4) is 0 Å². The molecule has 0 heterocycles. The Morgan fingerprint density at radius 2 is 2.27 bits per heavy atom. The third-order valence-electron chi connectivity index (χ3n) is 2.01. The van der Waals surface area contributed by atoms with Crippen LogP contribution in [0.5, 0.6) is 0 Å². The number of carbonyl (C=O) groups is 1. The molecule has 1 aromatic rings. The summed E-state index contributed by atoms with van der Waals surface area (Å²) in [5, 5.41) is 11.3. The number of rotatable bonds is 5. The van der Waals surface area contributed by atoms with Crippen LogP contribution < -0.4 is 11.1 Å².